The van der Waals surface area contributed by atoms with Gasteiger partial charge in [0.05, 0.1) is 0 Å². The molecule has 86 valence electrons. The number of alkyl halides is 2. The zero-order valence-electron chi connectivity index (χ0n) is 7.59. The molecule has 1 rings (SSSR count). The molecule has 0 heterocycles. The van der Waals surface area contributed by atoms with Gasteiger partial charge in [-0.2, -0.15) is 0 Å². The number of hydrogen-bond donors (Lipinski definition) is 1. The van der Waals surface area contributed by atoms with Crippen molar-refractivity contribution in [2.24, 2.45) is 5.73 Å². The van der Waals surface area contributed by atoms with Crippen LogP contribution in [0.1, 0.15) is 18.0 Å². The molecule has 1 aromatic carbocycles. The topological polar surface area (TPSA) is 26.0 Å². The fourth-order valence-corrected chi connectivity index (χ4v) is 1.66. The van der Waals surface area contributed by atoms with Crippen LogP contribution in [-0.4, -0.2) is 6.43 Å². The van der Waals surface area contributed by atoms with Gasteiger partial charge in [-0.3, -0.25) is 0 Å². The summed E-state index contributed by atoms with van der Waals surface area (Å²) in [4.78, 5) is 0. The van der Waals surface area contributed by atoms with E-state index in [1.165, 1.54) is 12.1 Å². The lowest BCUT2D eigenvalue weighted by Crippen LogP contribution is -2.14. The first-order valence-electron chi connectivity index (χ1n) is 3.99. The van der Waals surface area contributed by atoms with E-state index in [2.05, 4.69) is 15.9 Å². The fraction of sp³-hybridized carbons (Fsp3) is 0.333. The van der Waals surface area contributed by atoms with E-state index in [0.717, 1.165) is 6.07 Å². The minimum absolute atomic E-state index is 0. The fourth-order valence-electron chi connectivity index (χ4n) is 1.12. The van der Waals surface area contributed by atoms with Crippen LogP contribution in [-0.2, 0) is 0 Å². The summed E-state index contributed by atoms with van der Waals surface area (Å²) < 4.78 is 37.4. The van der Waals surface area contributed by atoms with E-state index in [0.29, 0.717) is 10.0 Å². The van der Waals surface area contributed by atoms with Crippen molar-refractivity contribution in [2.75, 3.05) is 0 Å². The Morgan fingerprint density at radius 2 is 1.93 bits per heavy atom. The van der Waals surface area contributed by atoms with E-state index in [1.54, 1.807) is 0 Å². The van der Waals surface area contributed by atoms with Crippen molar-refractivity contribution in [3.05, 3.63) is 34.1 Å². The number of nitrogens with two attached hydrogens (primary N) is 1. The Morgan fingerprint density at radius 1 is 1.33 bits per heavy atom. The van der Waals surface area contributed by atoms with Gasteiger partial charge < -0.3 is 5.73 Å². The molecule has 0 unspecified atom stereocenters. The van der Waals surface area contributed by atoms with Crippen LogP contribution in [0.25, 0.3) is 0 Å². The van der Waals surface area contributed by atoms with Crippen molar-refractivity contribution < 1.29 is 13.2 Å². The van der Waals surface area contributed by atoms with Gasteiger partial charge in [0.15, 0.2) is 0 Å². The molecule has 1 aromatic rings. The van der Waals surface area contributed by atoms with E-state index in [-0.39, 0.29) is 12.4 Å². The van der Waals surface area contributed by atoms with E-state index in [9.17, 15) is 13.2 Å². The van der Waals surface area contributed by atoms with Crippen LogP contribution in [0, 0.1) is 5.82 Å². The van der Waals surface area contributed by atoms with E-state index >= 15 is 0 Å². The van der Waals surface area contributed by atoms with E-state index in [1.807, 2.05) is 0 Å². The van der Waals surface area contributed by atoms with Gasteiger partial charge in [0.25, 0.3) is 0 Å². The smallest absolute Gasteiger partial charge is 0.240 e. The largest absolute Gasteiger partial charge is 0.324 e. The highest BCUT2D eigenvalue weighted by Gasteiger charge is 2.15. The Hall–Kier alpha value is -0.260. The van der Waals surface area contributed by atoms with Gasteiger partial charge >= 0.3 is 0 Å². The molecular formula is C9H10BrClF3N. The first-order chi connectivity index (χ1) is 6.50. The summed E-state index contributed by atoms with van der Waals surface area (Å²) in [6.07, 6.45) is -2.96. The van der Waals surface area contributed by atoms with Crippen molar-refractivity contribution in [1.29, 1.82) is 0 Å². The molecule has 0 amide bonds. The van der Waals surface area contributed by atoms with Crippen LogP contribution in [0.5, 0.6) is 0 Å². The maximum Gasteiger partial charge on any atom is 0.240 e. The molecule has 0 aliphatic rings. The van der Waals surface area contributed by atoms with Crippen LogP contribution >= 0.6 is 28.3 Å². The molecule has 1 atom stereocenters. The predicted molar refractivity (Wildman–Crippen MR) is 58.9 cm³/mol. The van der Waals surface area contributed by atoms with Gasteiger partial charge in [0.1, 0.15) is 5.82 Å². The minimum atomic E-state index is -2.49. The maximum atomic E-state index is 12.8. The normalized spacial score (nSPS) is 12.4. The lowest BCUT2D eigenvalue weighted by Gasteiger charge is -2.13. The van der Waals surface area contributed by atoms with E-state index < -0.39 is 24.7 Å². The molecular weight excluding hydrogens is 294 g/mol. The van der Waals surface area contributed by atoms with Crippen LogP contribution < -0.4 is 5.73 Å². The third-order valence-corrected chi connectivity index (χ3v) is 2.51. The highest BCUT2D eigenvalue weighted by atomic mass is 79.9. The van der Waals surface area contributed by atoms with Crippen LogP contribution in [0.15, 0.2) is 22.7 Å². The van der Waals surface area contributed by atoms with Gasteiger partial charge in [-0.05, 0) is 23.8 Å². The monoisotopic (exact) mass is 303 g/mol. The average molecular weight is 305 g/mol. The third-order valence-electron chi connectivity index (χ3n) is 1.79. The third kappa shape index (κ3) is 4.40. The molecule has 0 bridgehead atoms. The lowest BCUT2D eigenvalue weighted by atomic mass is 10.1. The standard InChI is InChI=1S/C9H9BrF3N.ClH/c10-7-2-1-5(11)3-6(7)8(14)4-9(12)13;/h1-3,8-9H,4,14H2;1H/t8-;/m1./s1. The Bertz CT molecular complexity index is 322. The van der Waals surface area contributed by atoms with Gasteiger partial charge in [-0.15, -0.1) is 12.4 Å². The lowest BCUT2D eigenvalue weighted by molar-refractivity contribution is 0.128. The van der Waals surface area contributed by atoms with Crippen LogP contribution in [0.4, 0.5) is 13.2 Å². The second kappa shape index (κ2) is 6.35. The maximum absolute atomic E-state index is 12.8. The van der Waals surface area contributed by atoms with Crippen molar-refractivity contribution in [1.82, 2.24) is 0 Å². The summed E-state index contributed by atoms with van der Waals surface area (Å²) >= 11 is 3.13. The van der Waals surface area contributed by atoms with Crippen molar-refractivity contribution in [3.63, 3.8) is 0 Å². The molecule has 0 aromatic heterocycles. The minimum Gasteiger partial charge on any atom is -0.324 e. The summed E-state index contributed by atoms with van der Waals surface area (Å²) in [5.41, 5.74) is 5.86. The molecule has 2 N–H and O–H groups in total. The first-order valence-corrected chi connectivity index (χ1v) is 4.78. The molecule has 0 saturated heterocycles. The first kappa shape index (κ1) is 14.7. The highest BCUT2D eigenvalue weighted by molar-refractivity contribution is 9.10. The number of halogens is 5. The van der Waals surface area contributed by atoms with E-state index in [4.69, 9.17) is 5.73 Å². The molecule has 0 aliphatic heterocycles. The summed E-state index contributed by atoms with van der Waals surface area (Å²) in [5, 5.41) is 0. The second-order valence-electron chi connectivity index (χ2n) is 2.90. The van der Waals surface area contributed by atoms with Gasteiger partial charge in [0.2, 0.25) is 6.43 Å². The SMILES string of the molecule is Cl.N[C@H](CC(F)F)c1cc(F)ccc1Br. The second-order valence-corrected chi connectivity index (χ2v) is 3.75. The van der Waals surface area contributed by atoms with Crippen LogP contribution in [0.3, 0.4) is 0 Å². The average Bonchev–Trinajstić information content (AvgIpc) is 2.08. The highest BCUT2D eigenvalue weighted by Crippen LogP contribution is 2.26. The zero-order chi connectivity index (χ0) is 10.7. The molecule has 0 spiro atoms. The Morgan fingerprint density at radius 3 is 2.47 bits per heavy atom. The summed E-state index contributed by atoms with van der Waals surface area (Å²) in [6.45, 7) is 0. The molecule has 0 radical (unpaired) electrons. The number of rotatable bonds is 3. The van der Waals surface area contributed by atoms with Gasteiger partial charge in [-0.1, -0.05) is 15.9 Å². The molecule has 1 nitrogen and oxygen atoms in total. The van der Waals surface area contributed by atoms with Crippen molar-refractivity contribution >= 4 is 28.3 Å². The molecule has 0 fully saturated rings. The molecule has 0 saturated carbocycles. The van der Waals surface area contributed by atoms with Gasteiger partial charge in [-0.25, -0.2) is 13.2 Å². The number of hydrogen-bond acceptors (Lipinski definition) is 1. The van der Waals surface area contributed by atoms with Crippen molar-refractivity contribution in [2.45, 2.75) is 18.9 Å². The summed E-state index contributed by atoms with van der Waals surface area (Å²) in [7, 11) is 0. The number of benzene rings is 1. The predicted octanol–water partition coefficient (Wildman–Crippen LogP) is 3.67. The molecule has 15 heavy (non-hydrogen) atoms. The van der Waals surface area contributed by atoms with Crippen molar-refractivity contribution in [3.8, 4) is 0 Å². The Labute approximate surface area is 100 Å². The van der Waals surface area contributed by atoms with Gasteiger partial charge in [0, 0.05) is 16.9 Å². The summed E-state index contributed by atoms with van der Waals surface area (Å²) in [6, 6.07) is 3.01. The Balaban J connectivity index is 0.00000196. The van der Waals surface area contributed by atoms with Crippen LogP contribution in [0.2, 0.25) is 0 Å². The molecule has 0 aliphatic carbocycles. The quantitative estimate of drug-likeness (QED) is 0.906. The zero-order valence-corrected chi connectivity index (χ0v) is 9.99. The Kier molecular flexibility index (Phi) is 6.24. The summed E-state index contributed by atoms with van der Waals surface area (Å²) in [5.74, 6) is -0.479. The molecule has 6 heteroatoms.